The van der Waals surface area contributed by atoms with Gasteiger partial charge in [0.05, 0.1) is 27.0 Å². The van der Waals surface area contributed by atoms with Gasteiger partial charge in [0.2, 0.25) is 0 Å². The minimum absolute atomic E-state index is 0.299. The molecule has 0 atom stereocenters. The first kappa shape index (κ1) is 15.9. The van der Waals surface area contributed by atoms with Crippen molar-refractivity contribution in [3.05, 3.63) is 29.8 Å². The average molecular weight is 279 g/mol. The largest absolute Gasteiger partial charge is 0.497 e. The molecule has 1 N–H and O–H groups in total. The number of hydrogen-bond acceptors (Lipinski definition) is 5. The highest BCUT2D eigenvalue weighted by molar-refractivity contribution is 5.88. The van der Waals surface area contributed by atoms with E-state index in [1.54, 1.807) is 14.2 Å². The number of rotatable bonds is 7. The molecule has 1 aromatic rings. The zero-order chi connectivity index (χ0) is 15.0. The second kappa shape index (κ2) is 8.09. The number of methoxy groups -OCH3 is 3. The highest BCUT2D eigenvalue weighted by Crippen LogP contribution is 2.28. The zero-order valence-corrected chi connectivity index (χ0v) is 12.4. The van der Waals surface area contributed by atoms with Gasteiger partial charge in [0.25, 0.3) is 0 Å². The summed E-state index contributed by atoms with van der Waals surface area (Å²) in [7, 11) is 4.59. The Labute approximate surface area is 119 Å². The summed E-state index contributed by atoms with van der Waals surface area (Å²) in [4.78, 5) is 11.4. The lowest BCUT2D eigenvalue weighted by atomic mass is 10.2. The van der Waals surface area contributed by atoms with Crippen molar-refractivity contribution in [3.8, 4) is 11.5 Å². The summed E-state index contributed by atoms with van der Waals surface area (Å²) in [6.45, 7) is 2.41. The molecule has 0 amide bonds. The van der Waals surface area contributed by atoms with Crippen molar-refractivity contribution in [2.24, 2.45) is 0 Å². The molecule has 0 aromatic heterocycles. The van der Waals surface area contributed by atoms with E-state index < -0.39 is 0 Å². The number of anilines is 1. The summed E-state index contributed by atoms with van der Waals surface area (Å²) in [5, 5.41) is 3.19. The number of hydrogen-bond donors (Lipinski definition) is 1. The lowest BCUT2D eigenvalue weighted by Gasteiger charge is -2.11. The van der Waals surface area contributed by atoms with E-state index in [1.165, 1.54) is 7.11 Å². The van der Waals surface area contributed by atoms with Crippen molar-refractivity contribution < 1.29 is 19.0 Å². The van der Waals surface area contributed by atoms with Gasteiger partial charge in [-0.15, -0.1) is 0 Å². The minimum atomic E-state index is -0.299. The Morgan fingerprint density at radius 1 is 1.25 bits per heavy atom. The van der Waals surface area contributed by atoms with Gasteiger partial charge in [-0.1, -0.05) is 13.0 Å². The number of carbonyl (C=O) groups excluding carboxylic acids is 1. The molecule has 0 spiro atoms. The molecule has 0 aliphatic rings. The Morgan fingerprint density at radius 2 is 2.00 bits per heavy atom. The molecule has 1 aromatic carbocycles. The van der Waals surface area contributed by atoms with E-state index >= 15 is 0 Å². The van der Waals surface area contributed by atoms with Crippen LogP contribution in [-0.4, -0.2) is 33.8 Å². The summed E-state index contributed by atoms with van der Waals surface area (Å²) >= 11 is 0. The maximum atomic E-state index is 11.4. The fourth-order valence-electron chi connectivity index (χ4n) is 1.74. The maximum Gasteiger partial charge on any atom is 0.333 e. The van der Waals surface area contributed by atoms with Gasteiger partial charge < -0.3 is 19.5 Å². The lowest BCUT2D eigenvalue weighted by molar-refractivity contribution is -0.136. The third-order valence-electron chi connectivity index (χ3n) is 2.88. The summed E-state index contributed by atoms with van der Waals surface area (Å²) in [5.74, 6) is 1.16. The van der Waals surface area contributed by atoms with E-state index in [9.17, 15) is 4.79 Å². The Hall–Kier alpha value is -2.17. The molecule has 20 heavy (non-hydrogen) atoms. The van der Waals surface area contributed by atoms with E-state index in [1.807, 2.05) is 31.2 Å². The van der Waals surface area contributed by atoms with Gasteiger partial charge in [-0.25, -0.2) is 4.79 Å². The van der Waals surface area contributed by atoms with Crippen molar-refractivity contribution in [1.29, 1.82) is 0 Å². The molecule has 0 saturated heterocycles. The van der Waals surface area contributed by atoms with Crippen LogP contribution in [0, 0.1) is 0 Å². The van der Waals surface area contributed by atoms with E-state index in [2.05, 4.69) is 5.32 Å². The molecule has 0 aliphatic carbocycles. The van der Waals surface area contributed by atoms with Crippen LogP contribution in [0.25, 0.3) is 0 Å². The zero-order valence-electron chi connectivity index (χ0n) is 12.4. The molecule has 0 heterocycles. The van der Waals surface area contributed by atoms with Crippen LogP contribution in [0.5, 0.6) is 11.5 Å². The number of esters is 1. The van der Waals surface area contributed by atoms with Crippen molar-refractivity contribution in [1.82, 2.24) is 0 Å². The number of benzene rings is 1. The van der Waals surface area contributed by atoms with Gasteiger partial charge in [-0.3, -0.25) is 0 Å². The summed E-state index contributed by atoms with van der Waals surface area (Å²) < 4.78 is 15.1. The van der Waals surface area contributed by atoms with Crippen LogP contribution in [-0.2, 0) is 9.53 Å². The van der Waals surface area contributed by atoms with Crippen molar-refractivity contribution in [2.75, 3.05) is 33.2 Å². The molecule has 0 fully saturated rings. The molecular weight excluding hydrogens is 258 g/mol. The predicted octanol–water partition coefficient (Wildman–Crippen LogP) is 2.63. The molecule has 0 aliphatic heterocycles. The van der Waals surface area contributed by atoms with Crippen molar-refractivity contribution >= 4 is 11.7 Å². The highest BCUT2D eigenvalue weighted by atomic mass is 16.5. The molecule has 5 heteroatoms. The van der Waals surface area contributed by atoms with Crippen LogP contribution in [0.3, 0.4) is 0 Å². The normalized spacial score (nSPS) is 10.9. The second-order valence-electron chi connectivity index (χ2n) is 4.02. The molecular formula is C15H21NO4. The Bertz CT molecular complexity index is 483. The predicted molar refractivity (Wildman–Crippen MR) is 78.4 cm³/mol. The van der Waals surface area contributed by atoms with E-state index in [-0.39, 0.29) is 5.97 Å². The standard InChI is InChI=1S/C15H21NO4/c1-5-11(15(17)20-4)8-9-16-13-10-12(18-2)6-7-14(13)19-3/h6-8,10,16H,5,9H2,1-4H3/b11-8-. The number of nitrogens with one attached hydrogen (secondary N) is 1. The first-order valence-corrected chi connectivity index (χ1v) is 6.39. The molecule has 0 unspecified atom stereocenters. The van der Waals surface area contributed by atoms with Crippen molar-refractivity contribution in [2.45, 2.75) is 13.3 Å². The average Bonchev–Trinajstić information content (AvgIpc) is 2.50. The Balaban J connectivity index is 2.78. The van der Waals surface area contributed by atoms with Crippen LogP contribution in [0.4, 0.5) is 5.69 Å². The molecule has 110 valence electrons. The van der Waals surface area contributed by atoms with Gasteiger partial charge in [-0.2, -0.15) is 0 Å². The number of ether oxygens (including phenoxy) is 3. The van der Waals surface area contributed by atoms with Gasteiger partial charge in [0, 0.05) is 18.2 Å². The summed E-state index contributed by atoms with van der Waals surface area (Å²) in [5.41, 5.74) is 1.45. The van der Waals surface area contributed by atoms with Gasteiger partial charge >= 0.3 is 5.97 Å². The quantitative estimate of drug-likeness (QED) is 0.614. The van der Waals surface area contributed by atoms with E-state index in [0.29, 0.717) is 18.5 Å². The first-order chi connectivity index (χ1) is 9.65. The Kier molecular flexibility index (Phi) is 6.43. The van der Waals surface area contributed by atoms with Crippen molar-refractivity contribution in [3.63, 3.8) is 0 Å². The second-order valence-corrected chi connectivity index (χ2v) is 4.02. The number of carbonyl (C=O) groups is 1. The first-order valence-electron chi connectivity index (χ1n) is 6.39. The van der Waals surface area contributed by atoms with Crippen LogP contribution in [0.2, 0.25) is 0 Å². The van der Waals surface area contributed by atoms with Crippen LogP contribution < -0.4 is 14.8 Å². The SMILES string of the molecule is CC/C(=C/CNc1cc(OC)ccc1OC)C(=O)OC. The van der Waals surface area contributed by atoms with Gasteiger partial charge in [0.1, 0.15) is 11.5 Å². The van der Waals surface area contributed by atoms with Crippen LogP contribution >= 0.6 is 0 Å². The monoisotopic (exact) mass is 279 g/mol. The lowest BCUT2D eigenvalue weighted by Crippen LogP contribution is -2.07. The van der Waals surface area contributed by atoms with Crippen LogP contribution in [0.1, 0.15) is 13.3 Å². The molecule has 0 bridgehead atoms. The summed E-state index contributed by atoms with van der Waals surface area (Å²) in [6.07, 6.45) is 2.44. The molecule has 0 radical (unpaired) electrons. The summed E-state index contributed by atoms with van der Waals surface area (Å²) in [6, 6.07) is 5.49. The molecule has 0 saturated carbocycles. The molecule has 1 rings (SSSR count). The highest BCUT2D eigenvalue weighted by Gasteiger charge is 2.07. The minimum Gasteiger partial charge on any atom is -0.497 e. The molecule has 5 nitrogen and oxygen atoms in total. The fourth-order valence-corrected chi connectivity index (χ4v) is 1.74. The third-order valence-corrected chi connectivity index (χ3v) is 2.88. The van der Waals surface area contributed by atoms with E-state index in [4.69, 9.17) is 14.2 Å². The third kappa shape index (κ3) is 4.19. The van der Waals surface area contributed by atoms with Gasteiger partial charge in [-0.05, 0) is 18.6 Å². The smallest absolute Gasteiger partial charge is 0.333 e. The topological polar surface area (TPSA) is 56.8 Å². The maximum absolute atomic E-state index is 11.4. The van der Waals surface area contributed by atoms with Gasteiger partial charge in [0.15, 0.2) is 0 Å². The van der Waals surface area contributed by atoms with E-state index in [0.717, 1.165) is 17.2 Å². The fraction of sp³-hybridized carbons (Fsp3) is 0.400. The van der Waals surface area contributed by atoms with Crippen LogP contribution in [0.15, 0.2) is 29.8 Å². The Morgan fingerprint density at radius 3 is 2.55 bits per heavy atom.